The van der Waals surface area contributed by atoms with Gasteiger partial charge in [0.25, 0.3) is 0 Å². The van der Waals surface area contributed by atoms with Gasteiger partial charge in [-0.1, -0.05) is 6.07 Å². The number of nitrogens with zero attached hydrogens (tertiary/aromatic N) is 2. The van der Waals surface area contributed by atoms with Crippen molar-refractivity contribution >= 4 is 11.5 Å². The minimum atomic E-state index is -0.273. The van der Waals surface area contributed by atoms with Crippen molar-refractivity contribution in [3.8, 4) is 0 Å². The normalized spacial score (nSPS) is 10.3. The summed E-state index contributed by atoms with van der Waals surface area (Å²) in [5.41, 5.74) is 1.55. The molecular formula is C13H13FN2O. The fourth-order valence-electron chi connectivity index (χ4n) is 1.64. The summed E-state index contributed by atoms with van der Waals surface area (Å²) < 4.78 is 12.8. The summed E-state index contributed by atoms with van der Waals surface area (Å²) >= 11 is 0. The van der Waals surface area contributed by atoms with Gasteiger partial charge in [-0.05, 0) is 30.3 Å². The van der Waals surface area contributed by atoms with Crippen molar-refractivity contribution in [3.63, 3.8) is 0 Å². The molecule has 1 aromatic carbocycles. The van der Waals surface area contributed by atoms with E-state index in [1.807, 2.05) is 18.0 Å². The Morgan fingerprint density at radius 3 is 2.59 bits per heavy atom. The number of pyridine rings is 1. The van der Waals surface area contributed by atoms with Gasteiger partial charge in [0.05, 0.1) is 6.61 Å². The molecule has 1 aromatic heterocycles. The van der Waals surface area contributed by atoms with Crippen molar-refractivity contribution in [3.05, 3.63) is 54.0 Å². The molecule has 0 saturated carbocycles. The maximum atomic E-state index is 12.8. The van der Waals surface area contributed by atoms with Gasteiger partial charge in [0, 0.05) is 24.5 Å². The van der Waals surface area contributed by atoms with E-state index in [1.54, 1.807) is 24.4 Å². The van der Waals surface area contributed by atoms with E-state index in [4.69, 9.17) is 0 Å². The molecule has 4 heteroatoms. The summed E-state index contributed by atoms with van der Waals surface area (Å²) in [5.74, 6) is 0.396. The van der Waals surface area contributed by atoms with Crippen LogP contribution in [0.1, 0.15) is 5.56 Å². The van der Waals surface area contributed by atoms with Crippen LogP contribution in [0.15, 0.2) is 42.6 Å². The molecule has 0 aliphatic carbocycles. The highest BCUT2D eigenvalue weighted by Crippen LogP contribution is 2.24. The summed E-state index contributed by atoms with van der Waals surface area (Å²) in [5, 5.41) is 9.23. The van der Waals surface area contributed by atoms with Crippen molar-refractivity contribution in [2.24, 2.45) is 0 Å². The van der Waals surface area contributed by atoms with E-state index in [2.05, 4.69) is 4.98 Å². The van der Waals surface area contributed by atoms with Crippen LogP contribution >= 0.6 is 0 Å². The van der Waals surface area contributed by atoms with Gasteiger partial charge in [-0.2, -0.15) is 0 Å². The molecule has 17 heavy (non-hydrogen) atoms. The largest absolute Gasteiger partial charge is 0.392 e. The Morgan fingerprint density at radius 2 is 1.94 bits per heavy atom. The molecule has 0 amide bonds. The molecule has 0 atom stereocenters. The third-order valence-corrected chi connectivity index (χ3v) is 2.57. The maximum absolute atomic E-state index is 12.8. The minimum absolute atomic E-state index is 0.0747. The van der Waals surface area contributed by atoms with Crippen molar-refractivity contribution < 1.29 is 9.50 Å². The van der Waals surface area contributed by atoms with Crippen LogP contribution in [0.5, 0.6) is 0 Å². The van der Waals surface area contributed by atoms with Crippen LogP contribution in [0.25, 0.3) is 0 Å². The van der Waals surface area contributed by atoms with Crippen molar-refractivity contribution in [1.29, 1.82) is 0 Å². The highest BCUT2D eigenvalue weighted by Gasteiger charge is 2.09. The Labute approximate surface area is 99.2 Å². The van der Waals surface area contributed by atoms with Crippen molar-refractivity contribution in [2.45, 2.75) is 6.61 Å². The Morgan fingerprint density at radius 1 is 1.24 bits per heavy atom. The average Bonchev–Trinajstić information content (AvgIpc) is 2.39. The topological polar surface area (TPSA) is 36.4 Å². The van der Waals surface area contributed by atoms with Crippen LogP contribution in [-0.4, -0.2) is 17.1 Å². The molecule has 0 fully saturated rings. The molecule has 2 aromatic rings. The second-order valence-electron chi connectivity index (χ2n) is 3.68. The molecule has 1 heterocycles. The molecule has 0 unspecified atom stereocenters. The molecule has 0 saturated heterocycles. The summed E-state index contributed by atoms with van der Waals surface area (Å²) in [6.45, 7) is -0.0747. The fraction of sp³-hybridized carbons (Fsp3) is 0.154. The lowest BCUT2D eigenvalue weighted by Crippen LogP contribution is -2.13. The number of aromatic nitrogens is 1. The zero-order valence-corrected chi connectivity index (χ0v) is 9.47. The maximum Gasteiger partial charge on any atom is 0.138 e. The third kappa shape index (κ3) is 2.42. The molecule has 0 aliphatic heterocycles. The first-order valence-corrected chi connectivity index (χ1v) is 5.26. The molecule has 2 rings (SSSR count). The second-order valence-corrected chi connectivity index (χ2v) is 3.68. The van der Waals surface area contributed by atoms with E-state index in [0.29, 0.717) is 5.82 Å². The van der Waals surface area contributed by atoms with E-state index in [1.165, 1.54) is 12.1 Å². The van der Waals surface area contributed by atoms with Gasteiger partial charge in [-0.25, -0.2) is 9.37 Å². The highest BCUT2D eigenvalue weighted by molar-refractivity contribution is 5.61. The first-order chi connectivity index (χ1) is 8.22. The number of hydrogen-bond donors (Lipinski definition) is 1. The minimum Gasteiger partial charge on any atom is -0.392 e. The van der Waals surface area contributed by atoms with Crippen molar-refractivity contribution in [2.75, 3.05) is 11.9 Å². The third-order valence-electron chi connectivity index (χ3n) is 2.57. The van der Waals surface area contributed by atoms with Gasteiger partial charge >= 0.3 is 0 Å². The molecule has 1 N–H and O–H groups in total. The number of halogens is 1. The summed E-state index contributed by atoms with van der Waals surface area (Å²) in [6.07, 6.45) is 1.66. The summed E-state index contributed by atoms with van der Waals surface area (Å²) in [6, 6.07) is 9.72. The standard InChI is InChI=1S/C13H13FN2O/c1-16(12-6-4-11(14)5-7-12)13-10(9-17)3-2-8-15-13/h2-8,17H,9H2,1H3. The highest BCUT2D eigenvalue weighted by atomic mass is 19.1. The van der Waals surface area contributed by atoms with E-state index >= 15 is 0 Å². The van der Waals surface area contributed by atoms with Gasteiger partial charge in [0.1, 0.15) is 11.6 Å². The SMILES string of the molecule is CN(c1ccc(F)cc1)c1ncccc1CO. The number of hydrogen-bond acceptors (Lipinski definition) is 3. The van der Waals surface area contributed by atoms with Crippen LogP contribution < -0.4 is 4.90 Å². The first-order valence-electron chi connectivity index (χ1n) is 5.26. The smallest absolute Gasteiger partial charge is 0.138 e. The van der Waals surface area contributed by atoms with Crippen LogP contribution in [0.2, 0.25) is 0 Å². The molecule has 3 nitrogen and oxygen atoms in total. The number of rotatable bonds is 3. The van der Waals surface area contributed by atoms with Gasteiger partial charge in [-0.3, -0.25) is 0 Å². The Kier molecular flexibility index (Phi) is 3.35. The lowest BCUT2D eigenvalue weighted by atomic mass is 10.2. The Hall–Kier alpha value is -1.94. The van der Waals surface area contributed by atoms with Gasteiger partial charge in [-0.15, -0.1) is 0 Å². The fourth-order valence-corrected chi connectivity index (χ4v) is 1.64. The van der Waals surface area contributed by atoms with Crippen LogP contribution in [-0.2, 0) is 6.61 Å². The second kappa shape index (κ2) is 4.93. The van der Waals surface area contributed by atoms with E-state index < -0.39 is 0 Å². The van der Waals surface area contributed by atoms with Gasteiger partial charge in [0.2, 0.25) is 0 Å². The monoisotopic (exact) mass is 232 g/mol. The summed E-state index contributed by atoms with van der Waals surface area (Å²) in [7, 11) is 1.83. The zero-order valence-electron chi connectivity index (χ0n) is 9.47. The number of anilines is 2. The number of aliphatic hydroxyl groups excluding tert-OH is 1. The lowest BCUT2D eigenvalue weighted by Gasteiger charge is -2.20. The Bertz CT molecular complexity index is 499. The average molecular weight is 232 g/mol. The van der Waals surface area contributed by atoms with Crippen molar-refractivity contribution in [1.82, 2.24) is 4.98 Å². The summed E-state index contributed by atoms with van der Waals surface area (Å²) in [4.78, 5) is 6.03. The molecule has 0 aliphatic rings. The molecule has 0 spiro atoms. The Balaban J connectivity index is 2.36. The predicted molar refractivity (Wildman–Crippen MR) is 64.6 cm³/mol. The lowest BCUT2D eigenvalue weighted by molar-refractivity contribution is 0.282. The first kappa shape index (κ1) is 11.5. The van der Waals surface area contributed by atoms with Gasteiger partial charge in [0.15, 0.2) is 0 Å². The molecule has 0 bridgehead atoms. The zero-order chi connectivity index (χ0) is 12.3. The number of benzene rings is 1. The van der Waals surface area contributed by atoms with Gasteiger partial charge < -0.3 is 10.0 Å². The predicted octanol–water partition coefficient (Wildman–Crippen LogP) is 2.48. The van der Waals surface area contributed by atoms with E-state index in [-0.39, 0.29) is 12.4 Å². The molecule has 0 radical (unpaired) electrons. The molecule has 88 valence electrons. The molecular weight excluding hydrogens is 219 g/mol. The van der Waals surface area contributed by atoms with E-state index in [0.717, 1.165) is 11.3 Å². The number of aliphatic hydroxyl groups is 1. The van der Waals surface area contributed by atoms with Crippen LogP contribution in [0.3, 0.4) is 0 Å². The van der Waals surface area contributed by atoms with E-state index in [9.17, 15) is 9.50 Å². The van der Waals surface area contributed by atoms with Crippen LogP contribution in [0.4, 0.5) is 15.9 Å². The van der Waals surface area contributed by atoms with Crippen LogP contribution in [0, 0.1) is 5.82 Å². The quantitative estimate of drug-likeness (QED) is 0.883.